The van der Waals surface area contributed by atoms with E-state index in [0.717, 1.165) is 11.4 Å². The van der Waals surface area contributed by atoms with Crippen molar-refractivity contribution in [3.8, 4) is 0 Å². The van der Waals surface area contributed by atoms with Gasteiger partial charge in [0.15, 0.2) is 5.65 Å². The molecule has 22 heavy (non-hydrogen) atoms. The van der Waals surface area contributed by atoms with E-state index >= 15 is 0 Å². The number of aromatic nitrogens is 3. The minimum absolute atomic E-state index is 0.272. The van der Waals surface area contributed by atoms with Crippen LogP contribution in [0.4, 0.5) is 22.1 Å². The molecule has 0 unspecified atom stereocenters. The van der Waals surface area contributed by atoms with Crippen LogP contribution in [0.3, 0.4) is 0 Å². The van der Waals surface area contributed by atoms with Crippen LogP contribution in [0.1, 0.15) is 0 Å². The van der Waals surface area contributed by atoms with Gasteiger partial charge in [0.25, 0.3) is 0 Å². The molecular formula is C14H12ClN5O2. The Morgan fingerprint density at radius 3 is 2.95 bits per heavy atom. The van der Waals surface area contributed by atoms with E-state index in [1.807, 2.05) is 18.2 Å². The van der Waals surface area contributed by atoms with Crippen LogP contribution < -0.4 is 10.6 Å². The number of benzene rings is 1. The van der Waals surface area contributed by atoms with E-state index in [9.17, 15) is 4.79 Å². The number of imidazole rings is 1. The van der Waals surface area contributed by atoms with Crippen molar-refractivity contribution >= 4 is 46.2 Å². The zero-order valence-corrected chi connectivity index (χ0v) is 12.3. The maximum atomic E-state index is 11.2. The predicted molar refractivity (Wildman–Crippen MR) is 84.7 cm³/mol. The third-order valence-corrected chi connectivity index (χ3v) is 3.09. The number of H-pyrrole nitrogens is 1. The van der Waals surface area contributed by atoms with Crippen LogP contribution in [0.25, 0.3) is 11.2 Å². The summed E-state index contributed by atoms with van der Waals surface area (Å²) in [6.07, 6.45) is 1.06. The summed E-state index contributed by atoms with van der Waals surface area (Å²) in [6.45, 7) is 0. The fourth-order valence-electron chi connectivity index (χ4n) is 1.90. The number of hydrogen-bond donors (Lipinski definition) is 3. The molecule has 0 aliphatic rings. The number of pyridine rings is 1. The Kier molecular flexibility index (Phi) is 3.80. The van der Waals surface area contributed by atoms with Crippen LogP contribution >= 0.6 is 11.6 Å². The number of halogens is 1. The first-order valence-electron chi connectivity index (χ1n) is 6.37. The van der Waals surface area contributed by atoms with E-state index in [-0.39, 0.29) is 5.95 Å². The van der Waals surface area contributed by atoms with E-state index in [1.165, 1.54) is 7.11 Å². The number of hydrogen-bond acceptors (Lipinski definition) is 5. The highest BCUT2D eigenvalue weighted by Gasteiger charge is 2.08. The number of carbonyl (C=O) groups is 1. The van der Waals surface area contributed by atoms with Crippen molar-refractivity contribution in [1.82, 2.24) is 15.0 Å². The summed E-state index contributed by atoms with van der Waals surface area (Å²) < 4.78 is 4.51. The molecule has 7 nitrogen and oxygen atoms in total. The van der Waals surface area contributed by atoms with Crippen molar-refractivity contribution in [2.75, 3.05) is 17.7 Å². The van der Waals surface area contributed by atoms with Gasteiger partial charge in [0.05, 0.1) is 19.0 Å². The molecule has 2 heterocycles. The Labute approximate surface area is 130 Å². The van der Waals surface area contributed by atoms with Gasteiger partial charge in [-0.2, -0.15) is 0 Å². The molecule has 8 heteroatoms. The molecule has 0 bridgehead atoms. The summed E-state index contributed by atoms with van der Waals surface area (Å²) in [6, 6.07) is 9.16. The van der Waals surface area contributed by atoms with E-state index in [0.29, 0.717) is 16.2 Å². The molecule has 0 spiro atoms. The maximum absolute atomic E-state index is 11.2. The highest BCUT2D eigenvalue weighted by molar-refractivity contribution is 6.30. The SMILES string of the molecule is COC(=O)Nc1nc2cc(Nc3cccc(Cl)c3)cnc2[nH]1. The normalized spacial score (nSPS) is 10.5. The first-order chi connectivity index (χ1) is 10.6. The van der Waals surface area contributed by atoms with Crippen molar-refractivity contribution < 1.29 is 9.53 Å². The van der Waals surface area contributed by atoms with E-state index < -0.39 is 6.09 Å². The van der Waals surface area contributed by atoms with Crippen LogP contribution in [0.15, 0.2) is 36.5 Å². The van der Waals surface area contributed by atoms with E-state index in [1.54, 1.807) is 18.3 Å². The molecule has 0 aliphatic carbocycles. The number of fused-ring (bicyclic) bond motifs is 1. The van der Waals surface area contributed by atoms with Gasteiger partial charge in [-0.15, -0.1) is 0 Å². The lowest BCUT2D eigenvalue weighted by Gasteiger charge is -2.05. The standard InChI is InChI=1S/C14H12ClN5O2/c1-22-14(21)20-13-18-11-6-10(7-16-12(11)19-13)17-9-4-2-3-8(15)5-9/h2-7,17H,1H3,(H2,16,18,19,20,21). The summed E-state index contributed by atoms with van der Waals surface area (Å²) in [5.74, 6) is 0.272. The highest BCUT2D eigenvalue weighted by Crippen LogP contribution is 2.22. The van der Waals surface area contributed by atoms with Crippen molar-refractivity contribution in [2.24, 2.45) is 0 Å². The zero-order chi connectivity index (χ0) is 15.5. The predicted octanol–water partition coefficient (Wildman–Crippen LogP) is 3.53. The first-order valence-corrected chi connectivity index (χ1v) is 6.75. The number of carbonyl (C=O) groups excluding carboxylic acids is 1. The molecule has 0 radical (unpaired) electrons. The highest BCUT2D eigenvalue weighted by atomic mass is 35.5. The second-order valence-corrected chi connectivity index (χ2v) is 4.87. The quantitative estimate of drug-likeness (QED) is 0.687. The Morgan fingerprint density at radius 1 is 1.32 bits per heavy atom. The van der Waals surface area contributed by atoms with Gasteiger partial charge in [-0.3, -0.25) is 5.32 Å². The molecule has 0 aliphatic heterocycles. The van der Waals surface area contributed by atoms with Crippen LogP contribution in [0, 0.1) is 0 Å². The van der Waals surface area contributed by atoms with Gasteiger partial charge in [-0.25, -0.2) is 14.8 Å². The van der Waals surface area contributed by atoms with Gasteiger partial charge in [-0.1, -0.05) is 17.7 Å². The monoisotopic (exact) mass is 317 g/mol. The topological polar surface area (TPSA) is 91.9 Å². The van der Waals surface area contributed by atoms with Gasteiger partial charge in [0, 0.05) is 10.7 Å². The summed E-state index contributed by atoms with van der Waals surface area (Å²) in [5.41, 5.74) is 2.77. The van der Waals surface area contributed by atoms with Crippen LogP contribution in [0.2, 0.25) is 5.02 Å². The third-order valence-electron chi connectivity index (χ3n) is 2.86. The molecular weight excluding hydrogens is 306 g/mol. The Hall–Kier alpha value is -2.80. The fourth-order valence-corrected chi connectivity index (χ4v) is 2.09. The van der Waals surface area contributed by atoms with Crippen molar-refractivity contribution in [3.63, 3.8) is 0 Å². The summed E-state index contributed by atoms with van der Waals surface area (Å²) >= 11 is 5.95. The minimum atomic E-state index is -0.601. The lowest BCUT2D eigenvalue weighted by molar-refractivity contribution is 0.186. The molecule has 0 atom stereocenters. The van der Waals surface area contributed by atoms with Gasteiger partial charge >= 0.3 is 6.09 Å². The molecule has 0 saturated carbocycles. The average Bonchev–Trinajstić information content (AvgIpc) is 2.88. The van der Waals surface area contributed by atoms with Crippen LogP contribution in [-0.2, 0) is 4.74 Å². The lowest BCUT2D eigenvalue weighted by Crippen LogP contribution is -2.11. The van der Waals surface area contributed by atoms with Crippen molar-refractivity contribution in [3.05, 3.63) is 41.6 Å². The minimum Gasteiger partial charge on any atom is -0.453 e. The molecule has 0 saturated heterocycles. The number of nitrogens with one attached hydrogen (secondary N) is 3. The lowest BCUT2D eigenvalue weighted by atomic mass is 10.3. The molecule has 0 fully saturated rings. The Balaban J connectivity index is 1.84. The third kappa shape index (κ3) is 3.09. The van der Waals surface area contributed by atoms with Gasteiger partial charge in [-0.05, 0) is 24.3 Å². The fraction of sp³-hybridized carbons (Fsp3) is 0.0714. The molecule has 3 aromatic rings. The molecule has 112 valence electrons. The van der Waals surface area contributed by atoms with E-state index in [4.69, 9.17) is 11.6 Å². The van der Waals surface area contributed by atoms with Gasteiger partial charge < -0.3 is 15.0 Å². The number of methoxy groups -OCH3 is 1. The Morgan fingerprint density at radius 2 is 2.18 bits per heavy atom. The Bertz CT molecular complexity index is 833. The van der Waals surface area contributed by atoms with E-state index in [2.05, 4.69) is 30.3 Å². The number of aromatic amines is 1. The molecule has 2 aromatic heterocycles. The summed E-state index contributed by atoms with van der Waals surface area (Å²) in [7, 11) is 1.28. The summed E-state index contributed by atoms with van der Waals surface area (Å²) in [4.78, 5) is 22.5. The molecule has 3 N–H and O–H groups in total. The van der Waals surface area contributed by atoms with Gasteiger partial charge in [0.2, 0.25) is 5.95 Å². The second kappa shape index (κ2) is 5.90. The molecule has 3 rings (SSSR count). The number of nitrogens with zero attached hydrogens (tertiary/aromatic N) is 2. The molecule has 1 amide bonds. The average molecular weight is 318 g/mol. The number of ether oxygens (including phenoxy) is 1. The van der Waals surface area contributed by atoms with Crippen molar-refractivity contribution in [2.45, 2.75) is 0 Å². The second-order valence-electron chi connectivity index (χ2n) is 4.43. The first kappa shape index (κ1) is 14.2. The van der Waals surface area contributed by atoms with Gasteiger partial charge in [0.1, 0.15) is 5.52 Å². The largest absolute Gasteiger partial charge is 0.453 e. The summed E-state index contributed by atoms with van der Waals surface area (Å²) in [5, 5.41) is 6.28. The number of anilines is 3. The van der Waals surface area contributed by atoms with Crippen LogP contribution in [0.5, 0.6) is 0 Å². The number of rotatable bonds is 3. The maximum Gasteiger partial charge on any atom is 0.413 e. The zero-order valence-electron chi connectivity index (χ0n) is 11.6. The molecule has 1 aromatic carbocycles. The smallest absolute Gasteiger partial charge is 0.413 e. The van der Waals surface area contributed by atoms with Crippen LogP contribution in [-0.4, -0.2) is 28.2 Å². The number of amides is 1. The van der Waals surface area contributed by atoms with Crippen molar-refractivity contribution in [1.29, 1.82) is 0 Å².